The van der Waals surface area contributed by atoms with Crippen molar-refractivity contribution >= 4 is 22.6 Å². The topological polar surface area (TPSA) is 29.3 Å². The summed E-state index contributed by atoms with van der Waals surface area (Å²) in [5.41, 5.74) is 5.52. The molecule has 0 saturated carbocycles. The zero-order valence-electron chi connectivity index (χ0n) is 5.68. The van der Waals surface area contributed by atoms with Gasteiger partial charge in [0.25, 0.3) is 0 Å². The van der Waals surface area contributed by atoms with E-state index in [-0.39, 0.29) is 0 Å². The zero-order valence-corrected chi connectivity index (χ0v) is 7.84. The highest BCUT2D eigenvalue weighted by atomic mass is 127. The van der Waals surface area contributed by atoms with Crippen LogP contribution in [0, 0.1) is 0 Å². The summed E-state index contributed by atoms with van der Waals surface area (Å²) < 4.78 is 0.657. The minimum Gasteiger partial charge on any atom is -0.329 e. The number of hydrogen-bond donors (Lipinski definition) is 1. The number of nitrogens with two attached hydrogens (primary N) is 1. The van der Waals surface area contributed by atoms with E-state index in [4.69, 9.17) is 5.73 Å². The van der Waals surface area contributed by atoms with Crippen LogP contribution in [0.15, 0.2) is 0 Å². The van der Waals surface area contributed by atoms with Crippen LogP contribution >= 0.6 is 22.6 Å². The molecule has 1 aliphatic heterocycles. The van der Waals surface area contributed by atoms with Crippen LogP contribution in [-0.2, 0) is 0 Å². The first kappa shape index (κ1) is 7.75. The standard InChI is InChI=1S/C6H13IN2/c1-5(7)9-3-2-6(9)4-8/h5-6H,2-4,8H2,1H3. The SMILES string of the molecule is CC(I)N1CCC1CN. The minimum absolute atomic E-state index is 0.657. The Morgan fingerprint density at radius 3 is 2.67 bits per heavy atom. The Hall–Kier alpha value is 0.650. The lowest BCUT2D eigenvalue weighted by Gasteiger charge is -2.42. The largest absolute Gasteiger partial charge is 0.329 e. The summed E-state index contributed by atoms with van der Waals surface area (Å²) in [5.74, 6) is 0. The predicted octanol–water partition coefficient (Wildman–Crippen LogP) is 0.800. The van der Waals surface area contributed by atoms with Crippen molar-refractivity contribution in [3.63, 3.8) is 0 Å². The van der Waals surface area contributed by atoms with E-state index < -0.39 is 0 Å². The molecule has 0 spiro atoms. The van der Waals surface area contributed by atoms with E-state index in [0.29, 0.717) is 10.1 Å². The molecule has 0 amide bonds. The van der Waals surface area contributed by atoms with Gasteiger partial charge in [-0.2, -0.15) is 0 Å². The van der Waals surface area contributed by atoms with Crippen LogP contribution in [0.25, 0.3) is 0 Å². The Morgan fingerprint density at radius 1 is 1.89 bits per heavy atom. The summed E-state index contributed by atoms with van der Waals surface area (Å²) in [4.78, 5) is 2.43. The fraction of sp³-hybridized carbons (Fsp3) is 1.00. The van der Waals surface area contributed by atoms with Gasteiger partial charge in [-0.1, -0.05) is 22.6 Å². The van der Waals surface area contributed by atoms with Crippen molar-refractivity contribution in [2.75, 3.05) is 13.1 Å². The Morgan fingerprint density at radius 2 is 2.56 bits per heavy atom. The summed E-state index contributed by atoms with van der Waals surface area (Å²) >= 11 is 2.43. The average Bonchev–Trinajstić information content (AvgIpc) is 1.61. The molecule has 54 valence electrons. The molecule has 2 N–H and O–H groups in total. The highest BCUT2D eigenvalue weighted by Gasteiger charge is 2.28. The number of nitrogens with zero attached hydrogens (tertiary/aromatic N) is 1. The highest BCUT2D eigenvalue weighted by Crippen LogP contribution is 2.22. The molecule has 1 fully saturated rings. The molecule has 0 aliphatic carbocycles. The average molecular weight is 240 g/mol. The lowest BCUT2D eigenvalue weighted by atomic mass is 10.0. The van der Waals surface area contributed by atoms with Gasteiger partial charge in [0.05, 0.1) is 4.05 Å². The quantitative estimate of drug-likeness (QED) is 0.439. The first-order valence-corrected chi connectivity index (χ1v) is 4.60. The van der Waals surface area contributed by atoms with E-state index in [2.05, 4.69) is 34.4 Å². The summed E-state index contributed by atoms with van der Waals surface area (Å²) in [5, 5.41) is 0. The van der Waals surface area contributed by atoms with Gasteiger partial charge in [-0.15, -0.1) is 0 Å². The molecule has 2 nitrogen and oxygen atoms in total. The smallest absolute Gasteiger partial charge is 0.0592 e. The van der Waals surface area contributed by atoms with Gasteiger partial charge in [-0.3, -0.25) is 4.90 Å². The van der Waals surface area contributed by atoms with Crippen LogP contribution in [0.5, 0.6) is 0 Å². The van der Waals surface area contributed by atoms with E-state index in [9.17, 15) is 0 Å². The van der Waals surface area contributed by atoms with Crippen LogP contribution in [0.2, 0.25) is 0 Å². The summed E-state index contributed by atoms with van der Waals surface area (Å²) in [7, 11) is 0. The van der Waals surface area contributed by atoms with Crippen molar-refractivity contribution in [3.05, 3.63) is 0 Å². The van der Waals surface area contributed by atoms with Crippen molar-refractivity contribution in [1.29, 1.82) is 0 Å². The molecular weight excluding hydrogens is 227 g/mol. The van der Waals surface area contributed by atoms with Gasteiger partial charge in [0.1, 0.15) is 0 Å². The van der Waals surface area contributed by atoms with Gasteiger partial charge >= 0.3 is 0 Å². The third kappa shape index (κ3) is 1.56. The normalized spacial score (nSPS) is 31.7. The molecule has 1 rings (SSSR count). The van der Waals surface area contributed by atoms with Crippen molar-refractivity contribution in [2.24, 2.45) is 5.73 Å². The maximum atomic E-state index is 5.52. The first-order chi connectivity index (χ1) is 4.25. The van der Waals surface area contributed by atoms with Gasteiger partial charge < -0.3 is 5.73 Å². The Labute approximate surface area is 69.9 Å². The fourth-order valence-corrected chi connectivity index (χ4v) is 1.92. The monoisotopic (exact) mass is 240 g/mol. The van der Waals surface area contributed by atoms with Gasteiger partial charge in [-0.25, -0.2) is 0 Å². The maximum Gasteiger partial charge on any atom is 0.0592 e. The van der Waals surface area contributed by atoms with E-state index in [1.807, 2.05) is 0 Å². The second-order valence-corrected chi connectivity index (χ2v) is 4.29. The van der Waals surface area contributed by atoms with E-state index in [0.717, 1.165) is 6.54 Å². The van der Waals surface area contributed by atoms with Crippen molar-refractivity contribution in [1.82, 2.24) is 4.90 Å². The van der Waals surface area contributed by atoms with Gasteiger partial charge in [0.15, 0.2) is 0 Å². The van der Waals surface area contributed by atoms with Crippen molar-refractivity contribution in [3.8, 4) is 0 Å². The maximum absolute atomic E-state index is 5.52. The molecule has 0 aromatic heterocycles. The number of rotatable bonds is 2. The molecule has 0 aromatic carbocycles. The lowest BCUT2D eigenvalue weighted by molar-refractivity contribution is 0.0966. The second kappa shape index (κ2) is 3.16. The molecular formula is C6H13IN2. The van der Waals surface area contributed by atoms with E-state index >= 15 is 0 Å². The van der Waals surface area contributed by atoms with E-state index in [1.165, 1.54) is 13.0 Å². The minimum atomic E-state index is 0.657. The van der Waals surface area contributed by atoms with E-state index in [1.54, 1.807) is 0 Å². The number of alkyl halides is 1. The van der Waals surface area contributed by atoms with Crippen LogP contribution in [0.4, 0.5) is 0 Å². The molecule has 0 aromatic rings. The molecule has 0 bridgehead atoms. The first-order valence-electron chi connectivity index (χ1n) is 3.35. The van der Waals surface area contributed by atoms with Crippen molar-refractivity contribution < 1.29 is 0 Å². The van der Waals surface area contributed by atoms with Crippen LogP contribution in [0.1, 0.15) is 13.3 Å². The van der Waals surface area contributed by atoms with Gasteiger partial charge in [0.2, 0.25) is 0 Å². The Balaban J connectivity index is 2.27. The van der Waals surface area contributed by atoms with Crippen molar-refractivity contribution in [2.45, 2.75) is 23.4 Å². The third-order valence-corrected chi connectivity index (χ3v) is 2.63. The predicted molar refractivity (Wildman–Crippen MR) is 47.6 cm³/mol. The summed E-state index contributed by atoms with van der Waals surface area (Å²) in [6, 6.07) is 0.678. The Kier molecular flexibility index (Phi) is 2.73. The molecule has 0 radical (unpaired) electrons. The van der Waals surface area contributed by atoms with Gasteiger partial charge in [0, 0.05) is 19.1 Å². The molecule has 3 heteroatoms. The molecule has 1 saturated heterocycles. The summed E-state index contributed by atoms with van der Waals surface area (Å²) in [6.45, 7) is 4.28. The number of hydrogen-bond acceptors (Lipinski definition) is 2. The second-order valence-electron chi connectivity index (χ2n) is 2.49. The highest BCUT2D eigenvalue weighted by molar-refractivity contribution is 14.1. The molecule has 1 aliphatic rings. The lowest BCUT2D eigenvalue weighted by Crippen LogP contribution is -2.53. The summed E-state index contributed by atoms with van der Waals surface area (Å²) in [6.07, 6.45) is 1.30. The van der Waals surface area contributed by atoms with Crippen LogP contribution < -0.4 is 5.73 Å². The van der Waals surface area contributed by atoms with Gasteiger partial charge in [-0.05, 0) is 13.3 Å². The zero-order chi connectivity index (χ0) is 6.85. The fourth-order valence-electron chi connectivity index (χ4n) is 1.18. The molecule has 9 heavy (non-hydrogen) atoms. The third-order valence-electron chi connectivity index (χ3n) is 1.92. The Bertz CT molecular complexity index is 93.1. The molecule has 2 unspecified atom stereocenters. The molecule has 2 atom stereocenters. The number of halogens is 1. The molecule has 1 heterocycles. The van der Waals surface area contributed by atoms with Crippen LogP contribution in [-0.4, -0.2) is 28.1 Å². The van der Waals surface area contributed by atoms with Crippen LogP contribution in [0.3, 0.4) is 0 Å². The number of likely N-dealkylation sites (tertiary alicyclic amines) is 1.